The van der Waals surface area contributed by atoms with Crippen molar-refractivity contribution in [1.82, 2.24) is 34.1 Å². The van der Waals surface area contributed by atoms with Crippen molar-refractivity contribution >= 4 is 43.6 Å². The third-order valence-corrected chi connectivity index (χ3v) is 10.5. The van der Waals surface area contributed by atoms with Gasteiger partial charge in [-0.25, -0.2) is 15.0 Å². The van der Waals surface area contributed by atoms with Gasteiger partial charge in [-0.2, -0.15) is 9.97 Å². The quantitative estimate of drug-likeness (QED) is 0.171. The van der Waals surface area contributed by atoms with Gasteiger partial charge in [0.25, 0.3) is 0 Å². The largest absolute Gasteiger partial charge is 0.309 e. The second kappa shape index (κ2) is 13.0. The maximum Gasteiger partial charge on any atom is 0.238 e. The number of fused-ring (bicyclic) bond motifs is 6. The first kappa shape index (κ1) is 31.7. The number of hydrogen-bond donors (Lipinski definition) is 0. The maximum absolute atomic E-state index is 5.33. The topological polar surface area (TPSA) is 74.3 Å². The van der Waals surface area contributed by atoms with Crippen molar-refractivity contribution in [2.75, 3.05) is 0 Å². The molecule has 0 bridgehead atoms. The molecule has 0 N–H and O–H groups in total. The predicted molar refractivity (Wildman–Crippen MR) is 226 cm³/mol. The molecule has 0 saturated heterocycles. The van der Waals surface area contributed by atoms with E-state index in [9.17, 15) is 0 Å². The van der Waals surface area contributed by atoms with Crippen LogP contribution in [0.4, 0.5) is 0 Å². The molecule has 262 valence electrons. The molecule has 7 heteroatoms. The Morgan fingerprint density at radius 3 is 1.38 bits per heavy atom. The van der Waals surface area contributed by atoms with E-state index in [1.807, 2.05) is 12.1 Å². The highest BCUT2D eigenvalue weighted by Crippen LogP contribution is 2.40. The van der Waals surface area contributed by atoms with Crippen LogP contribution in [0.15, 0.2) is 189 Å². The van der Waals surface area contributed by atoms with E-state index in [1.165, 1.54) is 11.7 Å². The molecule has 0 fully saturated rings. The first-order valence-electron chi connectivity index (χ1n) is 18.6. The molecule has 0 atom stereocenters. The van der Waals surface area contributed by atoms with Crippen molar-refractivity contribution in [3.63, 3.8) is 0 Å². The van der Waals surface area contributed by atoms with Gasteiger partial charge < -0.3 is 4.57 Å². The molecule has 11 rings (SSSR count). The fourth-order valence-electron chi connectivity index (χ4n) is 7.99. The van der Waals surface area contributed by atoms with Gasteiger partial charge in [0.05, 0.1) is 27.6 Å². The van der Waals surface area contributed by atoms with Crippen LogP contribution in [-0.2, 0) is 0 Å². The van der Waals surface area contributed by atoms with Crippen LogP contribution in [0.1, 0.15) is 0 Å². The molecule has 7 aromatic carbocycles. The number of hydrogen-bond acceptors (Lipinski definition) is 5. The molecule has 0 spiro atoms. The lowest BCUT2D eigenvalue weighted by Gasteiger charge is -2.13. The first-order valence-corrected chi connectivity index (χ1v) is 18.6. The average molecular weight is 718 g/mol. The molecule has 0 radical (unpaired) electrons. The summed E-state index contributed by atoms with van der Waals surface area (Å²) in [5.41, 5.74) is 11.4. The SMILES string of the molecule is c1ccc(-c2cc(-c3ccccc3)cc(-c3nc(-c4cncnc4)nc(-n4c5ccccc5c5cc6c(cc54)c4ccccc4n6-c4ccccc4)n3)c2)cc1. The van der Waals surface area contributed by atoms with Crippen molar-refractivity contribution in [3.8, 4) is 56.7 Å². The minimum atomic E-state index is 0.490. The Kier molecular flexibility index (Phi) is 7.35. The van der Waals surface area contributed by atoms with Gasteiger partial charge in [0.15, 0.2) is 11.6 Å². The van der Waals surface area contributed by atoms with E-state index in [4.69, 9.17) is 15.0 Å². The monoisotopic (exact) mass is 717 g/mol. The van der Waals surface area contributed by atoms with Gasteiger partial charge in [0, 0.05) is 45.2 Å². The minimum Gasteiger partial charge on any atom is -0.309 e. The van der Waals surface area contributed by atoms with Gasteiger partial charge in [-0.05, 0) is 76.9 Å². The van der Waals surface area contributed by atoms with Crippen LogP contribution in [0.25, 0.3) is 100 Å². The summed E-state index contributed by atoms with van der Waals surface area (Å²) in [6, 6.07) is 59.7. The molecule has 0 aliphatic carbocycles. The zero-order chi connectivity index (χ0) is 37.0. The molecule has 4 heterocycles. The van der Waals surface area contributed by atoms with Gasteiger partial charge in [-0.15, -0.1) is 0 Å². The van der Waals surface area contributed by atoms with Crippen molar-refractivity contribution in [3.05, 3.63) is 189 Å². The third-order valence-electron chi connectivity index (χ3n) is 10.5. The second-order valence-corrected chi connectivity index (χ2v) is 13.9. The molecular weight excluding hydrogens is 687 g/mol. The summed E-state index contributed by atoms with van der Waals surface area (Å²) < 4.78 is 4.53. The maximum atomic E-state index is 5.33. The number of para-hydroxylation sites is 3. The summed E-state index contributed by atoms with van der Waals surface area (Å²) >= 11 is 0. The summed E-state index contributed by atoms with van der Waals surface area (Å²) in [5, 5.41) is 4.54. The number of aromatic nitrogens is 7. The molecule has 0 unspecified atom stereocenters. The summed E-state index contributed by atoms with van der Waals surface area (Å²) in [5.74, 6) is 1.55. The van der Waals surface area contributed by atoms with Crippen LogP contribution >= 0.6 is 0 Å². The van der Waals surface area contributed by atoms with E-state index >= 15 is 0 Å². The molecule has 56 heavy (non-hydrogen) atoms. The fourth-order valence-corrected chi connectivity index (χ4v) is 7.99. The van der Waals surface area contributed by atoms with E-state index in [-0.39, 0.29) is 0 Å². The highest BCUT2D eigenvalue weighted by atomic mass is 15.2. The van der Waals surface area contributed by atoms with Gasteiger partial charge in [0.2, 0.25) is 5.95 Å². The van der Waals surface area contributed by atoms with Crippen molar-refractivity contribution in [2.45, 2.75) is 0 Å². The Morgan fingerprint density at radius 2 is 0.786 bits per heavy atom. The summed E-state index contributed by atoms with van der Waals surface area (Å²) in [4.78, 5) is 24.3. The molecule has 0 aliphatic rings. The smallest absolute Gasteiger partial charge is 0.238 e. The Balaban J connectivity index is 1.21. The zero-order valence-electron chi connectivity index (χ0n) is 30.0. The molecule has 11 aromatic rings. The van der Waals surface area contributed by atoms with E-state index in [0.717, 1.165) is 71.7 Å². The molecular formula is C49H31N7. The average Bonchev–Trinajstić information content (AvgIpc) is 3.78. The van der Waals surface area contributed by atoms with E-state index < -0.39 is 0 Å². The lowest BCUT2D eigenvalue weighted by atomic mass is 9.96. The molecule has 4 aromatic heterocycles. The van der Waals surface area contributed by atoms with Crippen LogP contribution in [-0.4, -0.2) is 34.1 Å². The minimum absolute atomic E-state index is 0.490. The number of nitrogens with zero attached hydrogens (tertiary/aromatic N) is 7. The van der Waals surface area contributed by atoms with Crippen LogP contribution in [0.2, 0.25) is 0 Å². The third kappa shape index (κ3) is 5.25. The standard InChI is InChI=1S/C49H31N7/c1-4-14-32(15-5-1)34-24-35(33-16-6-2-7-17-33)26-36(25-34)47-52-48(37-29-50-31-51-30-37)54-49(53-47)56-44-23-13-11-21-40(44)42-27-45-41(28-46(42)56)39-20-10-12-22-43(39)55(45)38-18-8-3-9-19-38/h1-31H. The van der Waals surface area contributed by atoms with Crippen LogP contribution in [0.5, 0.6) is 0 Å². The molecule has 0 aliphatic heterocycles. The predicted octanol–water partition coefficient (Wildman–Crippen LogP) is 11.5. The van der Waals surface area contributed by atoms with Gasteiger partial charge in [0.1, 0.15) is 6.33 Å². The van der Waals surface area contributed by atoms with E-state index in [1.54, 1.807) is 12.4 Å². The molecule has 7 nitrogen and oxygen atoms in total. The normalized spacial score (nSPS) is 11.6. The van der Waals surface area contributed by atoms with Crippen molar-refractivity contribution in [2.24, 2.45) is 0 Å². The number of benzene rings is 7. The number of rotatable bonds is 6. The van der Waals surface area contributed by atoms with Gasteiger partial charge >= 0.3 is 0 Å². The van der Waals surface area contributed by atoms with E-state index in [0.29, 0.717) is 23.2 Å². The van der Waals surface area contributed by atoms with Crippen LogP contribution in [0, 0.1) is 0 Å². The van der Waals surface area contributed by atoms with Crippen molar-refractivity contribution in [1.29, 1.82) is 0 Å². The van der Waals surface area contributed by atoms with E-state index in [2.05, 4.69) is 177 Å². The Morgan fingerprint density at radius 1 is 0.321 bits per heavy atom. The molecule has 0 saturated carbocycles. The van der Waals surface area contributed by atoms with Crippen LogP contribution in [0.3, 0.4) is 0 Å². The lowest BCUT2D eigenvalue weighted by molar-refractivity contribution is 0.951. The second-order valence-electron chi connectivity index (χ2n) is 13.9. The van der Waals surface area contributed by atoms with Crippen molar-refractivity contribution < 1.29 is 0 Å². The Labute approximate surface area is 321 Å². The van der Waals surface area contributed by atoms with Crippen LogP contribution < -0.4 is 0 Å². The highest BCUT2D eigenvalue weighted by molar-refractivity contribution is 6.18. The fraction of sp³-hybridized carbons (Fsp3) is 0. The highest BCUT2D eigenvalue weighted by Gasteiger charge is 2.21. The molecule has 0 amide bonds. The summed E-state index contributed by atoms with van der Waals surface area (Å²) in [7, 11) is 0. The zero-order valence-corrected chi connectivity index (χ0v) is 30.0. The Bertz CT molecular complexity index is 3170. The lowest BCUT2D eigenvalue weighted by Crippen LogP contribution is -2.07. The Hall–Kier alpha value is -7.77. The van der Waals surface area contributed by atoms with Gasteiger partial charge in [-0.1, -0.05) is 115 Å². The first-order chi connectivity index (χ1) is 27.8. The summed E-state index contributed by atoms with van der Waals surface area (Å²) in [6.45, 7) is 0. The van der Waals surface area contributed by atoms with Gasteiger partial charge in [-0.3, -0.25) is 4.57 Å². The summed E-state index contributed by atoms with van der Waals surface area (Å²) in [6.07, 6.45) is 5.02.